The molecule has 8 rings (SSSR count). The topological polar surface area (TPSA) is 116 Å². The number of nitrogen functional groups attached to an aromatic ring is 1. The van der Waals surface area contributed by atoms with Gasteiger partial charge >= 0.3 is 0 Å². The molecule has 3 aromatic heterocycles. The standard InChI is InChI=1S/C30H40N8O2/c1-39-25-8-21(20-2-6-37(7-3-20)22-11-30(12-22)17-40-18-30)14-32-24(25)16-38-26-23(15-34-38)35-28(31)36-27(26)33-13-19-9-29(10-19)4-5-29/h8,14-15,19-20,22H,2-7,9-13,16-18H2,1H3,(H3,31,33,35,36). The quantitative estimate of drug-likeness (QED) is 0.436. The maximum atomic E-state index is 6.04. The molecule has 2 aliphatic heterocycles. The highest BCUT2D eigenvalue weighted by atomic mass is 16.5. The van der Waals surface area contributed by atoms with Gasteiger partial charge in [0.15, 0.2) is 5.82 Å². The van der Waals surface area contributed by atoms with E-state index in [1.165, 1.54) is 56.9 Å². The second kappa shape index (κ2) is 9.27. The number of anilines is 2. The van der Waals surface area contributed by atoms with Crippen LogP contribution in [0.2, 0.25) is 0 Å². The highest BCUT2D eigenvalue weighted by molar-refractivity contribution is 5.86. The Balaban J connectivity index is 0.952. The van der Waals surface area contributed by atoms with Crippen LogP contribution in [0.4, 0.5) is 11.8 Å². The lowest BCUT2D eigenvalue weighted by atomic mass is 9.63. The molecule has 3 aliphatic carbocycles. The highest BCUT2D eigenvalue weighted by Gasteiger charge is 2.53. The van der Waals surface area contributed by atoms with Crippen LogP contribution in [-0.4, -0.2) is 75.6 Å². The molecule has 3 aromatic rings. The van der Waals surface area contributed by atoms with Gasteiger partial charge in [0.25, 0.3) is 0 Å². The van der Waals surface area contributed by atoms with E-state index in [0.29, 0.717) is 29.2 Å². The van der Waals surface area contributed by atoms with Crippen molar-refractivity contribution in [1.29, 1.82) is 0 Å². The summed E-state index contributed by atoms with van der Waals surface area (Å²) in [6, 6.07) is 2.95. The van der Waals surface area contributed by atoms with E-state index in [1.54, 1.807) is 13.3 Å². The number of piperidine rings is 1. The van der Waals surface area contributed by atoms with E-state index in [0.717, 1.165) is 67.2 Å². The fourth-order valence-corrected chi connectivity index (χ4v) is 7.97. The molecule has 212 valence electrons. The minimum absolute atomic E-state index is 0.266. The van der Waals surface area contributed by atoms with Crippen molar-refractivity contribution in [3.63, 3.8) is 0 Å². The van der Waals surface area contributed by atoms with Crippen LogP contribution in [0.1, 0.15) is 68.5 Å². The molecule has 10 nitrogen and oxygen atoms in total. The van der Waals surface area contributed by atoms with Gasteiger partial charge in [0.2, 0.25) is 5.95 Å². The van der Waals surface area contributed by atoms with Crippen LogP contribution in [0.3, 0.4) is 0 Å². The third kappa shape index (κ3) is 4.31. The number of aromatic nitrogens is 5. The number of ether oxygens (including phenoxy) is 2. The first-order valence-electron chi connectivity index (χ1n) is 15.1. The van der Waals surface area contributed by atoms with Crippen LogP contribution in [0.25, 0.3) is 11.0 Å². The normalized spacial score (nSPS) is 25.5. The maximum Gasteiger partial charge on any atom is 0.222 e. The fourth-order valence-electron chi connectivity index (χ4n) is 7.97. The van der Waals surface area contributed by atoms with Gasteiger partial charge in [0, 0.05) is 24.2 Å². The van der Waals surface area contributed by atoms with Crippen molar-refractivity contribution in [2.75, 3.05) is 51.0 Å². The number of hydrogen-bond donors (Lipinski definition) is 2. The summed E-state index contributed by atoms with van der Waals surface area (Å²) in [7, 11) is 1.73. The number of fused-ring (bicyclic) bond motifs is 1. The number of hydrogen-bond acceptors (Lipinski definition) is 9. The van der Waals surface area contributed by atoms with Crippen LogP contribution in [0.15, 0.2) is 18.5 Å². The Bertz CT molecular complexity index is 1410. The molecule has 5 aliphatic rings. The Kier molecular flexibility index (Phi) is 5.75. The molecule has 0 unspecified atom stereocenters. The summed E-state index contributed by atoms with van der Waals surface area (Å²) in [5.41, 5.74) is 11.0. The predicted octanol–water partition coefficient (Wildman–Crippen LogP) is 3.82. The van der Waals surface area contributed by atoms with Crippen LogP contribution >= 0.6 is 0 Å². The average molecular weight is 545 g/mol. The van der Waals surface area contributed by atoms with E-state index in [1.807, 2.05) is 10.9 Å². The molecule has 40 heavy (non-hydrogen) atoms. The van der Waals surface area contributed by atoms with Crippen molar-refractivity contribution in [1.82, 2.24) is 29.6 Å². The molecule has 3 N–H and O–H groups in total. The third-order valence-electron chi connectivity index (χ3n) is 10.6. The first-order chi connectivity index (χ1) is 19.5. The molecule has 0 bridgehead atoms. The SMILES string of the molecule is COc1cc(C2CCN(C3CC4(COC4)C3)CC2)cnc1Cn1ncc2nc(N)nc(NCC3CC4(CC4)C3)c21. The van der Waals surface area contributed by atoms with Gasteiger partial charge in [0.05, 0.1) is 33.1 Å². The molecule has 2 spiro atoms. The summed E-state index contributed by atoms with van der Waals surface area (Å²) in [5, 5.41) is 8.21. The Morgan fingerprint density at radius 3 is 2.58 bits per heavy atom. The van der Waals surface area contributed by atoms with Crippen LogP contribution < -0.4 is 15.8 Å². The van der Waals surface area contributed by atoms with E-state index in [4.69, 9.17) is 20.2 Å². The molecular weight excluding hydrogens is 504 g/mol. The van der Waals surface area contributed by atoms with Crippen LogP contribution in [0.5, 0.6) is 5.75 Å². The third-order valence-corrected chi connectivity index (χ3v) is 10.6. The summed E-state index contributed by atoms with van der Waals surface area (Å²) in [6.45, 7) is 5.67. The van der Waals surface area contributed by atoms with Gasteiger partial charge in [-0.2, -0.15) is 10.1 Å². The second-order valence-electron chi connectivity index (χ2n) is 13.4. The highest BCUT2D eigenvalue weighted by Crippen LogP contribution is 2.63. The van der Waals surface area contributed by atoms with E-state index in [9.17, 15) is 0 Å². The van der Waals surface area contributed by atoms with Gasteiger partial charge in [0.1, 0.15) is 22.5 Å². The number of nitrogens with zero attached hydrogens (tertiary/aromatic N) is 6. The zero-order valence-electron chi connectivity index (χ0n) is 23.4. The molecular formula is C30H40N8O2. The van der Waals surface area contributed by atoms with Crippen molar-refractivity contribution in [3.8, 4) is 5.75 Å². The smallest absolute Gasteiger partial charge is 0.222 e. The minimum atomic E-state index is 0.266. The monoisotopic (exact) mass is 544 g/mol. The number of methoxy groups -OCH3 is 1. The van der Waals surface area contributed by atoms with Crippen molar-refractivity contribution in [2.45, 2.75) is 69.9 Å². The Morgan fingerprint density at radius 1 is 1.07 bits per heavy atom. The van der Waals surface area contributed by atoms with Crippen molar-refractivity contribution >= 4 is 22.8 Å². The summed E-state index contributed by atoms with van der Waals surface area (Å²) in [4.78, 5) is 16.6. The van der Waals surface area contributed by atoms with E-state index < -0.39 is 0 Å². The molecule has 2 saturated heterocycles. The largest absolute Gasteiger partial charge is 0.495 e. The Hall–Kier alpha value is -2.98. The van der Waals surface area contributed by atoms with Crippen LogP contribution in [0, 0.1) is 16.7 Å². The lowest BCUT2D eigenvalue weighted by Gasteiger charge is -2.57. The van der Waals surface area contributed by atoms with E-state index in [-0.39, 0.29) is 5.95 Å². The Labute approximate surface area is 235 Å². The number of pyridine rings is 1. The Morgan fingerprint density at radius 2 is 1.88 bits per heavy atom. The lowest BCUT2D eigenvalue weighted by Crippen LogP contribution is -2.60. The molecule has 10 heteroatoms. The predicted molar refractivity (Wildman–Crippen MR) is 152 cm³/mol. The van der Waals surface area contributed by atoms with E-state index in [2.05, 4.69) is 31.3 Å². The van der Waals surface area contributed by atoms with Gasteiger partial charge < -0.3 is 25.4 Å². The van der Waals surface area contributed by atoms with E-state index >= 15 is 0 Å². The number of nitrogens with two attached hydrogens (primary N) is 1. The number of rotatable bonds is 8. The van der Waals surface area contributed by atoms with Crippen molar-refractivity contribution < 1.29 is 9.47 Å². The summed E-state index contributed by atoms with van der Waals surface area (Å²) < 4.78 is 13.2. The van der Waals surface area contributed by atoms with Gasteiger partial charge in [-0.15, -0.1) is 0 Å². The summed E-state index contributed by atoms with van der Waals surface area (Å²) in [5.74, 6) is 3.05. The zero-order valence-corrected chi connectivity index (χ0v) is 23.4. The van der Waals surface area contributed by atoms with Gasteiger partial charge in [-0.3, -0.25) is 9.67 Å². The zero-order chi connectivity index (χ0) is 26.9. The molecule has 5 fully saturated rings. The number of likely N-dealkylation sites (tertiary alicyclic amines) is 1. The first kappa shape index (κ1) is 24.8. The van der Waals surface area contributed by atoms with Gasteiger partial charge in [-0.25, -0.2) is 4.98 Å². The molecule has 0 radical (unpaired) electrons. The van der Waals surface area contributed by atoms with Crippen molar-refractivity contribution in [2.24, 2.45) is 16.7 Å². The van der Waals surface area contributed by atoms with Gasteiger partial charge in [-0.1, -0.05) is 0 Å². The van der Waals surface area contributed by atoms with Crippen LogP contribution in [-0.2, 0) is 11.3 Å². The minimum Gasteiger partial charge on any atom is -0.495 e. The number of nitrogens with one attached hydrogen (secondary N) is 1. The lowest BCUT2D eigenvalue weighted by molar-refractivity contribution is -0.185. The fraction of sp³-hybridized carbons (Fsp3) is 0.667. The molecule has 5 heterocycles. The molecule has 3 saturated carbocycles. The maximum absolute atomic E-state index is 6.04. The average Bonchev–Trinajstić information content (AvgIpc) is 3.60. The molecule has 0 atom stereocenters. The summed E-state index contributed by atoms with van der Waals surface area (Å²) >= 11 is 0. The molecule has 0 aromatic carbocycles. The first-order valence-corrected chi connectivity index (χ1v) is 15.1. The second-order valence-corrected chi connectivity index (χ2v) is 13.4. The van der Waals surface area contributed by atoms with Crippen molar-refractivity contribution in [3.05, 3.63) is 29.7 Å². The van der Waals surface area contributed by atoms with Gasteiger partial charge in [-0.05, 0) is 93.3 Å². The summed E-state index contributed by atoms with van der Waals surface area (Å²) in [6.07, 6.45) is 14.3. The molecule has 0 amide bonds.